The summed E-state index contributed by atoms with van der Waals surface area (Å²) in [6.07, 6.45) is 1.55. The fourth-order valence-corrected chi connectivity index (χ4v) is 2.05. The van der Waals surface area contributed by atoms with E-state index in [0.717, 1.165) is 24.5 Å². The fourth-order valence-electron chi connectivity index (χ4n) is 2.05. The highest BCUT2D eigenvalue weighted by Crippen LogP contribution is 2.21. The minimum Gasteiger partial charge on any atom is -0.385 e. The Morgan fingerprint density at radius 2 is 2.18 bits per heavy atom. The van der Waals surface area contributed by atoms with Gasteiger partial charge in [0.05, 0.1) is 4.92 Å². The standard InChI is InChI=1S/C15H20N4O3/c1-10(2)15-17-14(22-18-15)5-4-8-16-12-6-7-13(19(20)21)11(3)9-12/h6-7,9-10,16H,4-5,8H2,1-3H3. The summed E-state index contributed by atoms with van der Waals surface area (Å²) in [5.74, 6) is 1.64. The molecule has 7 heteroatoms. The van der Waals surface area contributed by atoms with Gasteiger partial charge in [0.25, 0.3) is 5.69 Å². The maximum atomic E-state index is 10.8. The lowest BCUT2D eigenvalue weighted by atomic mass is 10.2. The van der Waals surface area contributed by atoms with E-state index in [4.69, 9.17) is 4.52 Å². The van der Waals surface area contributed by atoms with Crippen molar-refractivity contribution in [1.29, 1.82) is 0 Å². The number of nitrogens with one attached hydrogen (secondary N) is 1. The number of rotatable bonds is 7. The molecule has 0 aliphatic heterocycles. The van der Waals surface area contributed by atoms with Gasteiger partial charge in [-0.05, 0) is 25.5 Å². The quantitative estimate of drug-likeness (QED) is 0.478. The van der Waals surface area contributed by atoms with E-state index in [-0.39, 0.29) is 16.5 Å². The van der Waals surface area contributed by atoms with Crippen molar-refractivity contribution in [1.82, 2.24) is 10.1 Å². The Balaban J connectivity index is 1.81. The average Bonchev–Trinajstić information content (AvgIpc) is 2.92. The third-order valence-electron chi connectivity index (χ3n) is 3.29. The zero-order valence-corrected chi connectivity index (χ0v) is 13.0. The first-order chi connectivity index (χ1) is 10.5. The molecule has 22 heavy (non-hydrogen) atoms. The Morgan fingerprint density at radius 3 is 2.77 bits per heavy atom. The number of nitro groups is 1. The van der Waals surface area contributed by atoms with Crippen LogP contribution >= 0.6 is 0 Å². The van der Waals surface area contributed by atoms with E-state index in [1.54, 1.807) is 19.1 Å². The number of aromatic nitrogens is 2. The highest BCUT2D eigenvalue weighted by Gasteiger charge is 2.11. The van der Waals surface area contributed by atoms with Gasteiger partial charge in [0.1, 0.15) is 0 Å². The Labute approximate surface area is 128 Å². The molecule has 118 valence electrons. The normalized spacial score (nSPS) is 10.9. The van der Waals surface area contributed by atoms with Crippen LogP contribution in [0.4, 0.5) is 11.4 Å². The topological polar surface area (TPSA) is 94.1 Å². The van der Waals surface area contributed by atoms with Crippen molar-refractivity contribution >= 4 is 11.4 Å². The molecule has 0 spiro atoms. The summed E-state index contributed by atoms with van der Waals surface area (Å²) in [5, 5.41) is 17.9. The monoisotopic (exact) mass is 304 g/mol. The van der Waals surface area contributed by atoms with E-state index < -0.39 is 0 Å². The van der Waals surface area contributed by atoms with Crippen LogP contribution in [-0.4, -0.2) is 21.6 Å². The van der Waals surface area contributed by atoms with Crippen molar-refractivity contribution in [3.63, 3.8) is 0 Å². The second kappa shape index (κ2) is 7.02. The van der Waals surface area contributed by atoms with Gasteiger partial charge in [-0.25, -0.2) is 0 Å². The fraction of sp³-hybridized carbons (Fsp3) is 0.467. The number of anilines is 1. The van der Waals surface area contributed by atoms with Gasteiger partial charge in [0.2, 0.25) is 5.89 Å². The maximum Gasteiger partial charge on any atom is 0.272 e. The molecule has 2 aromatic rings. The molecule has 1 aromatic carbocycles. The third kappa shape index (κ3) is 4.03. The highest BCUT2D eigenvalue weighted by atomic mass is 16.6. The number of aryl methyl sites for hydroxylation is 2. The first-order valence-electron chi connectivity index (χ1n) is 7.28. The number of nitrogens with zero attached hydrogens (tertiary/aromatic N) is 3. The predicted octanol–water partition coefficient (Wildman–Crippen LogP) is 3.45. The number of benzene rings is 1. The zero-order valence-electron chi connectivity index (χ0n) is 13.0. The number of hydrogen-bond acceptors (Lipinski definition) is 6. The molecular formula is C15H20N4O3. The molecule has 1 heterocycles. The van der Waals surface area contributed by atoms with E-state index >= 15 is 0 Å². The zero-order chi connectivity index (χ0) is 16.1. The van der Waals surface area contributed by atoms with Crippen LogP contribution in [0.5, 0.6) is 0 Å². The molecule has 0 aliphatic carbocycles. The van der Waals surface area contributed by atoms with E-state index in [1.165, 1.54) is 6.07 Å². The Hall–Kier alpha value is -2.44. The summed E-state index contributed by atoms with van der Waals surface area (Å²) in [6, 6.07) is 5.01. The molecule has 1 aromatic heterocycles. The van der Waals surface area contributed by atoms with Crippen LogP contribution in [0.1, 0.15) is 43.5 Å². The minimum atomic E-state index is -0.374. The molecule has 2 rings (SSSR count). The molecule has 0 bridgehead atoms. The maximum absolute atomic E-state index is 10.8. The molecule has 0 unspecified atom stereocenters. The number of hydrogen-bond donors (Lipinski definition) is 1. The number of nitro benzene ring substituents is 1. The first-order valence-corrected chi connectivity index (χ1v) is 7.28. The molecule has 1 N–H and O–H groups in total. The van der Waals surface area contributed by atoms with Gasteiger partial charge in [-0.1, -0.05) is 19.0 Å². The molecule has 0 radical (unpaired) electrons. The lowest BCUT2D eigenvalue weighted by molar-refractivity contribution is -0.385. The van der Waals surface area contributed by atoms with Gasteiger partial charge in [-0.15, -0.1) is 0 Å². The average molecular weight is 304 g/mol. The van der Waals surface area contributed by atoms with Crippen LogP contribution in [0.3, 0.4) is 0 Å². The molecule has 7 nitrogen and oxygen atoms in total. The first kappa shape index (κ1) is 15.9. The van der Waals surface area contributed by atoms with Crippen molar-refractivity contribution in [3.05, 3.63) is 45.6 Å². The van der Waals surface area contributed by atoms with Crippen LogP contribution < -0.4 is 5.32 Å². The molecule has 0 aliphatic rings. The van der Waals surface area contributed by atoms with Crippen molar-refractivity contribution in [2.24, 2.45) is 0 Å². The van der Waals surface area contributed by atoms with Crippen LogP contribution in [-0.2, 0) is 6.42 Å². The van der Waals surface area contributed by atoms with Crippen molar-refractivity contribution in [2.45, 2.75) is 39.5 Å². The minimum absolute atomic E-state index is 0.137. The van der Waals surface area contributed by atoms with Gasteiger partial charge in [-0.3, -0.25) is 10.1 Å². The smallest absolute Gasteiger partial charge is 0.272 e. The van der Waals surface area contributed by atoms with Gasteiger partial charge < -0.3 is 9.84 Å². The van der Waals surface area contributed by atoms with Gasteiger partial charge in [0, 0.05) is 36.2 Å². The van der Waals surface area contributed by atoms with Crippen LogP contribution in [0.25, 0.3) is 0 Å². The second-order valence-electron chi connectivity index (χ2n) is 5.49. The second-order valence-corrected chi connectivity index (χ2v) is 5.49. The summed E-state index contributed by atoms with van der Waals surface area (Å²) in [5.41, 5.74) is 1.66. The van der Waals surface area contributed by atoms with Crippen molar-refractivity contribution < 1.29 is 9.45 Å². The van der Waals surface area contributed by atoms with E-state index in [0.29, 0.717) is 17.9 Å². The Bertz CT molecular complexity index is 652. The Kier molecular flexibility index (Phi) is 5.08. The van der Waals surface area contributed by atoms with E-state index in [1.807, 2.05) is 13.8 Å². The largest absolute Gasteiger partial charge is 0.385 e. The van der Waals surface area contributed by atoms with Crippen molar-refractivity contribution in [2.75, 3.05) is 11.9 Å². The van der Waals surface area contributed by atoms with Gasteiger partial charge >= 0.3 is 0 Å². The summed E-state index contributed by atoms with van der Waals surface area (Å²) in [7, 11) is 0. The molecule has 0 saturated heterocycles. The Morgan fingerprint density at radius 1 is 1.41 bits per heavy atom. The van der Waals surface area contributed by atoms with Gasteiger partial charge in [0.15, 0.2) is 5.82 Å². The highest BCUT2D eigenvalue weighted by molar-refractivity contribution is 5.53. The van der Waals surface area contributed by atoms with Crippen molar-refractivity contribution in [3.8, 4) is 0 Å². The SMILES string of the molecule is Cc1cc(NCCCc2nc(C(C)C)no2)ccc1[N+](=O)[O-]. The van der Waals surface area contributed by atoms with Crippen LogP contribution in [0, 0.1) is 17.0 Å². The van der Waals surface area contributed by atoms with Crippen LogP contribution in [0.15, 0.2) is 22.7 Å². The summed E-state index contributed by atoms with van der Waals surface area (Å²) < 4.78 is 5.18. The summed E-state index contributed by atoms with van der Waals surface area (Å²) >= 11 is 0. The molecule has 0 saturated carbocycles. The molecule has 0 amide bonds. The van der Waals surface area contributed by atoms with Gasteiger partial charge in [-0.2, -0.15) is 4.98 Å². The lowest BCUT2D eigenvalue weighted by Crippen LogP contribution is -2.04. The molecule has 0 fully saturated rings. The molecular weight excluding hydrogens is 284 g/mol. The summed E-state index contributed by atoms with van der Waals surface area (Å²) in [4.78, 5) is 14.7. The summed E-state index contributed by atoms with van der Waals surface area (Å²) in [6.45, 7) is 6.51. The van der Waals surface area contributed by atoms with E-state index in [2.05, 4.69) is 15.5 Å². The van der Waals surface area contributed by atoms with E-state index in [9.17, 15) is 10.1 Å². The predicted molar refractivity (Wildman–Crippen MR) is 83.0 cm³/mol. The third-order valence-corrected chi connectivity index (χ3v) is 3.29. The van der Waals surface area contributed by atoms with Crippen LogP contribution in [0.2, 0.25) is 0 Å². The lowest BCUT2D eigenvalue weighted by Gasteiger charge is -2.06. The molecule has 0 atom stereocenters.